The van der Waals surface area contributed by atoms with Crippen LogP contribution in [0.1, 0.15) is 17.3 Å². The number of carbonyl (C=O) groups is 1. The van der Waals surface area contributed by atoms with Gasteiger partial charge in [0.05, 0.1) is 11.2 Å². The van der Waals surface area contributed by atoms with Crippen LogP contribution in [0.4, 0.5) is 8.78 Å². The molecule has 0 bridgehead atoms. The van der Waals surface area contributed by atoms with Crippen LogP contribution in [0.25, 0.3) is 22.2 Å². The van der Waals surface area contributed by atoms with Crippen molar-refractivity contribution in [2.24, 2.45) is 7.05 Å². The van der Waals surface area contributed by atoms with Gasteiger partial charge in [0.25, 0.3) is 0 Å². The third-order valence-corrected chi connectivity index (χ3v) is 5.32. The van der Waals surface area contributed by atoms with Gasteiger partial charge in [-0.1, -0.05) is 12.1 Å². The molecule has 0 atom stereocenters. The predicted octanol–water partition coefficient (Wildman–Crippen LogP) is 5.14. The third-order valence-electron chi connectivity index (χ3n) is 5.32. The van der Waals surface area contributed by atoms with E-state index in [2.05, 4.69) is 0 Å². The van der Waals surface area contributed by atoms with Crippen molar-refractivity contribution in [1.82, 2.24) is 4.57 Å². The maximum absolute atomic E-state index is 14.0. The first-order valence-electron chi connectivity index (χ1n) is 10.3. The molecule has 0 N–H and O–H groups in total. The van der Waals surface area contributed by atoms with Crippen LogP contribution in [0, 0.1) is 11.6 Å². The van der Waals surface area contributed by atoms with Gasteiger partial charge in [-0.15, -0.1) is 0 Å². The van der Waals surface area contributed by atoms with Crippen LogP contribution >= 0.6 is 0 Å². The Kier molecular flexibility index (Phi) is 6.22. The molecule has 1 aromatic heterocycles. The minimum absolute atomic E-state index is 0.0257. The lowest BCUT2D eigenvalue weighted by molar-refractivity contribution is 0.101. The number of rotatable bonds is 7. The largest absolute Gasteiger partial charge is 0.490 e. The molecule has 0 fully saturated rings. The lowest BCUT2D eigenvalue weighted by Gasteiger charge is -2.18. The number of para-hydroxylation sites is 1. The summed E-state index contributed by atoms with van der Waals surface area (Å²) in [6.07, 6.45) is 0. The Labute approximate surface area is 188 Å². The van der Waals surface area contributed by atoms with Crippen LogP contribution < -0.4 is 14.9 Å². The van der Waals surface area contributed by atoms with Gasteiger partial charge in [-0.3, -0.25) is 9.59 Å². The Morgan fingerprint density at radius 3 is 2.30 bits per heavy atom. The predicted molar refractivity (Wildman–Crippen MR) is 122 cm³/mol. The lowest BCUT2D eigenvalue weighted by Crippen LogP contribution is -2.18. The summed E-state index contributed by atoms with van der Waals surface area (Å²) in [6.45, 7) is 1.66. The van der Waals surface area contributed by atoms with Crippen LogP contribution in [-0.4, -0.2) is 23.6 Å². The van der Waals surface area contributed by atoms with Crippen LogP contribution in [-0.2, 0) is 7.05 Å². The Bertz CT molecular complexity index is 1390. The van der Waals surface area contributed by atoms with Gasteiger partial charge >= 0.3 is 0 Å². The van der Waals surface area contributed by atoms with E-state index < -0.39 is 11.6 Å². The van der Waals surface area contributed by atoms with Gasteiger partial charge in [0.2, 0.25) is 5.43 Å². The van der Waals surface area contributed by atoms with Crippen LogP contribution in [0.3, 0.4) is 0 Å². The molecule has 0 saturated carbocycles. The molecule has 7 heteroatoms. The first-order chi connectivity index (χ1) is 15.9. The second-order valence-electron chi connectivity index (χ2n) is 7.49. The molecule has 0 spiro atoms. The number of hydrogen-bond acceptors (Lipinski definition) is 4. The monoisotopic (exact) mass is 449 g/mol. The number of ether oxygens (including phenoxy) is 2. The highest BCUT2D eigenvalue weighted by atomic mass is 19.2. The summed E-state index contributed by atoms with van der Waals surface area (Å²) >= 11 is 0. The zero-order chi connectivity index (χ0) is 23.5. The molecule has 0 amide bonds. The molecular formula is C26H21F2NO4. The molecule has 4 rings (SSSR count). The maximum atomic E-state index is 14.0. The number of hydrogen-bond donors (Lipinski definition) is 0. The third kappa shape index (κ3) is 4.48. The highest BCUT2D eigenvalue weighted by Gasteiger charge is 2.19. The fourth-order valence-corrected chi connectivity index (χ4v) is 3.65. The summed E-state index contributed by atoms with van der Waals surface area (Å²) in [5, 5.41) is 0.446. The fraction of sp³-hybridized carbons (Fsp3) is 0.154. The number of aromatic nitrogens is 1. The standard InChI is InChI=1S/C26H21F2NO4/c1-16(30)17-7-10-19(11-8-17)32-13-14-33-26-24(18-9-12-21(27)22(28)15-18)29(2)23-6-4-3-5-20(23)25(26)31/h3-12,15H,13-14H2,1-2H3. The van der Waals surface area contributed by atoms with Crippen molar-refractivity contribution < 1.29 is 23.0 Å². The summed E-state index contributed by atoms with van der Waals surface area (Å²) in [7, 11) is 1.73. The smallest absolute Gasteiger partial charge is 0.231 e. The zero-order valence-corrected chi connectivity index (χ0v) is 18.1. The van der Waals surface area contributed by atoms with Gasteiger partial charge in [0.15, 0.2) is 23.2 Å². The van der Waals surface area contributed by atoms with Crippen molar-refractivity contribution in [2.45, 2.75) is 6.92 Å². The molecule has 0 aliphatic carbocycles. The van der Waals surface area contributed by atoms with Gasteiger partial charge in [0, 0.05) is 23.6 Å². The van der Waals surface area contributed by atoms with E-state index in [1.807, 2.05) is 0 Å². The molecule has 4 aromatic rings. The molecule has 168 valence electrons. The zero-order valence-electron chi connectivity index (χ0n) is 18.1. The number of Topliss-reactive ketones (excluding diaryl/α,β-unsaturated/α-hetero) is 1. The van der Waals surface area contributed by atoms with Crippen molar-refractivity contribution in [3.8, 4) is 22.8 Å². The summed E-state index contributed by atoms with van der Waals surface area (Å²) in [5.41, 5.74) is 1.51. The van der Waals surface area contributed by atoms with E-state index in [1.54, 1.807) is 60.1 Å². The van der Waals surface area contributed by atoms with E-state index in [0.29, 0.717) is 33.5 Å². The number of ketones is 1. The average Bonchev–Trinajstić information content (AvgIpc) is 2.82. The molecule has 0 unspecified atom stereocenters. The molecule has 3 aromatic carbocycles. The fourth-order valence-electron chi connectivity index (χ4n) is 3.65. The molecule has 0 aliphatic heterocycles. The molecule has 33 heavy (non-hydrogen) atoms. The number of halogens is 2. The molecule has 1 heterocycles. The molecular weight excluding hydrogens is 428 g/mol. The average molecular weight is 449 g/mol. The Morgan fingerprint density at radius 1 is 0.909 bits per heavy atom. The van der Waals surface area contributed by atoms with Crippen LogP contribution in [0.15, 0.2) is 71.5 Å². The second kappa shape index (κ2) is 9.24. The highest BCUT2D eigenvalue weighted by Crippen LogP contribution is 2.31. The molecule has 0 radical (unpaired) electrons. The van der Waals surface area contributed by atoms with Gasteiger partial charge in [-0.2, -0.15) is 0 Å². The highest BCUT2D eigenvalue weighted by molar-refractivity contribution is 5.94. The van der Waals surface area contributed by atoms with Crippen molar-refractivity contribution in [1.29, 1.82) is 0 Å². The molecule has 0 aliphatic rings. The lowest BCUT2D eigenvalue weighted by atomic mass is 10.1. The van der Waals surface area contributed by atoms with E-state index in [9.17, 15) is 18.4 Å². The second-order valence-corrected chi connectivity index (χ2v) is 7.49. The minimum Gasteiger partial charge on any atom is -0.490 e. The normalized spacial score (nSPS) is 10.9. The van der Waals surface area contributed by atoms with E-state index in [1.165, 1.54) is 13.0 Å². The first-order valence-corrected chi connectivity index (χ1v) is 10.3. The Balaban J connectivity index is 1.64. The van der Waals surface area contributed by atoms with Gasteiger partial charge in [-0.05, 0) is 61.5 Å². The van der Waals surface area contributed by atoms with Crippen molar-refractivity contribution in [3.05, 3.63) is 94.2 Å². The van der Waals surface area contributed by atoms with E-state index in [4.69, 9.17) is 9.47 Å². The minimum atomic E-state index is -1.02. The number of pyridine rings is 1. The van der Waals surface area contributed by atoms with Gasteiger partial charge in [-0.25, -0.2) is 8.78 Å². The summed E-state index contributed by atoms with van der Waals surface area (Å²) in [6, 6.07) is 17.2. The van der Waals surface area contributed by atoms with E-state index >= 15 is 0 Å². The Morgan fingerprint density at radius 2 is 1.61 bits per heavy atom. The van der Waals surface area contributed by atoms with Gasteiger partial charge < -0.3 is 14.0 Å². The number of aryl methyl sites for hydroxylation is 1. The van der Waals surface area contributed by atoms with Crippen molar-refractivity contribution in [2.75, 3.05) is 13.2 Å². The van der Waals surface area contributed by atoms with E-state index in [-0.39, 0.29) is 30.2 Å². The van der Waals surface area contributed by atoms with Crippen LogP contribution in [0.2, 0.25) is 0 Å². The maximum Gasteiger partial charge on any atom is 0.231 e. The molecule has 5 nitrogen and oxygen atoms in total. The number of carbonyl (C=O) groups excluding carboxylic acids is 1. The van der Waals surface area contributed by atoms with Crippen molar-refractivity contribution in [3.63, 3.8) is 0 Å². The number of benzene rings is 3. The van der Waals surface area contributed by atoms with Crippen molar-refractivity contribution >= 4 is 16.7 Å². The number of fused-ring (bicyclic) bond motifs is 1. The summed E-state index contributed by atoms with van der Waals surface area (Å²) < 4.78 is 40.7. The summed E-state index contributed by atoms with van der Waals surface area (Å²) in [5.74, 6) is -1.46. The van der Waals surface area contributed by atoms with Crippen LogP contribution in [0.5, 0.6) is 11.5 Å². The topological polar surface area (TPSA) is 57.5 Å². The Hall–Kier alpha value is -4.00. The van der Waals surface area contributed by atoms with Gasteiger partial charge in [0.1, 0.15) is 19.0 Å². The first kappa shape index (κ1) is 22.2. The summed E-state index contributed by atoms with van der Waals surface area (Å²) in [4.78, 5) is 24.6. The molecule has 0 saturated heterocycles. The quantitative estimate of drug-likeness (QED) is 0.289. The SMILES string of the molecule is CC(=O)c1ccc(OCCOc2c(-c3ccc(F)c(F)c3)n(C)c3ccccc3c2=O)cc1. The van der Waals surface area contributed by atoms with E-state index in [0.717, 1.165) is 12.1 Å². The number of nitrogens with zero attached hydrogens (tertiary/aromatic N) is 1.